The Labute approximate surface area is 189 Å². The number of carbonyl (C=O) groups excluding carboxylic acids is 2. The summed E-state index contributed by atoms with van der Waals surface area (Å²) >= 11 is 0.804. The molecule has 3 unspecified atom stereocenters. The second kappa shape index (κ2) is 8.78. The van der Waals surface area contributed by atoms with E-state index in [4.69, 9.17) is 0 Å². The van der Waals surface area contributed by atoms with Crippen molar-refractivity contribution in [2.24, 2.45) is 22.1 Å². The fourth-order valence-electron chi connectivity index (χ4n) is 4.03. The molecule has 4 rings (SSSR count). The van der Waals surface area contributed by atoms with Crippen LogP contribution in [0.4, 0.5) is 16.2 Å². The van der Waals surface area contributed by atoms with Crippen molar-refractivity contribution in [3.05, 3.63) is 34.4 Å². The molecule has 2 fully saturated rings. The van der Waals surface area contributed by atoms with Gasteiger partial charge in [0.1, 0.15) is 11.4 Å². The van der Waals surface area contributed by atoms with Gasteiger partial charge in [-0.15, -0.1) is 10.2 Å². The lowest BCUT2D eigenvalue weighted by Gasteiger charge is -2.32. The molecule has 1 saturated carbocycles. The van der Waals surface area contributed by atoms with Gasteiger partial charge < -0.3 is 10.2 Å². The number of hydrogen-bond acceptors (Lipinski definition) is 8. The second-order valence-electron chi connectivity index (χ2n) is 8.42. The minimum Gasteiger partial charge on any atom is -0.506 e. The highest BCUT2D eigenvalue weighted by Crippen LogP contribution is 2.41. The number of rotatable bonds is 4. The van der Waals surface area contributed by atoms with E-state index in [1.807, 2.05) is 0 Å². The topological polar surface area (TPSA) is 129 Å². The van der Waals surface area contributed by atoms with Crippen LogP contribution in [0.2, 0.25) is 0 Å². The first-order chi connectivity index (χ1) is 15.2. The molecule has 1 aromatic carbocycles. The molecule has 10 heteroatoms. The van der Waals surface area contributed by atoms with Crippen LogP contribution in [0, 0.1) is 18.8 Å². The van der Waals surface area contributed by atoms with Gasteiger partial charge >= 0.3 is 0 Å². The average Bonchev–Trinajstić information content (AvgIpc) is 3.20. The number of aromatic hydroxyl groups is 2. The quantitative estimate of drug-likeness (QED) is 0.421. The third-order valence-electron chi connectivity index (χ3n) is 6.14. The number of nitrogens with one attached hydrogen (secondary N) is 1. The van der Waals surface area contributed by atoms with Crippen molar-refractivity contribution in [1.82, 2.24) is 15.1 Å². The Morgan fingerprint density at radius 2 is 1.97 bits per heavy atom. The first-order valence-corrected chi connectivity index (χ1v) is 11.3. The molecule has 0 bridgehead atoms. The van der Waals surface area contributed by atoms with Crippen molar-refractivity contribution in [2.75, 3.05) is 0 Å². The number of phenols is 1. The summed E-state index contributed by atoms with van der Waals surface area (Å²) < 4.78 is 1.65. The zero-order valence-electron chi connectivity index (χ0n) is 18.1. The molecule has 0 spiro atoms. The molecule has 9 nitrogen and oxygen atoms in total. The molecule has 1 aromatic heterocycles. The highest BCUT2D eigenvalue weighted by molar-refractivity contribution is 8.18. The van der Waals surface area contributed by atoms with Crippen molar-refractivity contribution in [3.63, 3.8) is 0 Å². The van der Waals surface area contributed by atoms with Crippen molar-refractivity contribution in [2.45, 2.75) is 46.1 Å². The number of aryl methyl sites for hydroxylation is 1. The number of thioether (sulfide) groups is 1. The number of imide groups is 1. The van der Waals surface area contributed by atoms with Crippen LogP contribution in [0.15, 0.2) is 33.3 Å². The van der Waals surface area contributed by atoms with E-state index in [2.05, 4.69) is 34.5 Å². The number of carbonyl (C=O) groups is 2. The Bertz CT molecular complexity index is 1140. The van der Waals surface area contributed by atoms with Gasteiger partial charge in [-0.05, 0) is 73.6 Å². The predicted molar refractivity (Wildman–Crippen MR) is 121 cm³/mol. The predicted octanol–water partition coefficient (Wildman–Crippen LogP) is 5.34. The fourth-order valence-corrected chi connectivity index (χ4v) is 4.71. The molecule has 0 radical (unpaired) electrons. The smallest absolute Gasteiger partial charge is 0.290 e. The van der Waals surface area contributed by atoms with Gasteiger partial charge in [-0.2, -0.15) is 5.10 Å². The summed E-state index contributed by atoms with van der Waals surface area (Å²) in [7, 11) is 0. The van der Waals surface area contributed by atoms with Crippen LogP contribution in [-0.4, -0.2) is 31.1 Å². The van der Waals surface area contributed by atoms with E-state index in [9.17, 15) is 19.8 Å². The van der Waals surface area contributed by atoms with E-state index in [0.717, 1.165) is 31.0 Å². The molecular formula is C22H25N5O4S. The summed E-state index contributed by atoms with van der Waals surface area (Å²) in [6, 6.07) is 4.75. The minimum absolute atomic E-state index is 0.0206. The lowest BCUT2D eigenvalue weighted by Crippen LogP contribution is -2.23. The second-order valence-corrected chi connectivity index (χ2v) is 9.44. The average molecular weight is 456 g/mol. The molecule has 1 saturated heterocycles. The standard InChI is InChI=1S/C22H25N5O4S/c1-11-4-6-15(8-12(11)2)27-21(30)19(13(3)26-27)25-24-16-7-5-14(9-17(16)28)10-18-20(29)23-22(31)32-18/h5,7,9-12,15,28,30H,4,6,8H2,1-3H3,(H,23,29,31). The third kappa shape index (κ3) is 4.40. The van der Waals surface area contributed by atoms with Gasteiger partial charge in [0.25, 0.3) is 11.1 Å². The maximum atomic E-state index is 11.7. The molecule has 2 aliphatic rings. The molecule has 1 aliphatic carbocycles. The Morgan fingerprint density at radius 1 is 1.19 bits per heavy atom. The number of azo groups is 1. The highest BCUT2D eigenvalue weighted by atomic mass is 32.2. The van der Waals surface area contributed by atoms with Crippen LogP contribution in [0.1, 0.15) is 50.4 Å². The molecule has 2 aromatic rings. The monoisotopic (exact) mass is 455 g/mol. The van der Waals surface area contributed by atoms with Gasteiger partial charge in [-0.25, -0.2) is 4.68 Å². The van der Waals surface area contributed by atoms with Gasteiger partial charge in [0.2, 0.25) is 5.88 Å². The maximum Gasteiger partial charge on any atom is 0.290 e. The van der Waals surface area contributed by atoms with Crippen molar-refractivity contribution >= 4 is 40.4 Å². The Hall–Kier alpha value is -3.14. The SMILES string of the molecule is Cc1nn(C2CCC(C)C(C)C2)c(O)c1N=Nc1ccc(C=C2SC(=O)NC2=O)cc1O. The Morgan fingerprint density at radius 3 is 2.62 bits per heavy atom. The zero-order chi connectivity index (χ0) is 23.0. The van der Waals surface area contributed by atoms with Crippen molar-refractivity contribution in [1.29, 1.82) is 0 Å². The lowest BCUT2D eigenvalue weighted by molar-refractivity contribution is -0.115. The summed E-state index contributed by atoms with van der Waals surface area (Å²) in [5, 5.41) is 35.5. The number of amides is 2. The molecule has 1 aliphatic heterocycles. The molecule has 32 heavy (non-hydrogen) atoms. The molecule has 168 valence electrons. The molecule has 3 N–H and O–H groups in total. The van der Waals surface area contributed by atoms with Gasteiger partial charge in [0.05, 0.1) is 16.6 Å². The number of hydrogen-bond donors (Lipinski definition) is 3. The first kappa shape index (κ1) is 22.1. The van der Waals surface area contributed by atoms with Crippen LogP contribution < -0.4 is 5.32 Å². The number of aromatic nitrogens is 2. The molecule has 2 heterocycles. The lowest BCUT2D eigenvalue weighted by atomic mass is 9.79. The Balaban J connectivity index is 1.53. The van der Waals surface area contributed by atoms with Crippen LogP contribution in [-0.2, 0) is 4.79 Å². The number of benzene rings is 1. The van der Waals surface area contributed by atoms with Crippen molar-refractivity contribution in [3.8, 4) is 11.6 Å². The van der Waals surface area contributed by atoms with Crippen LogP contribution in [0.5, 0.6) is 11.6 Å². The van der Waals surface area contributed by atoms with E-state index in [-0.39, 0.29) is 34.0 Å². The zero-order valence-corrected chi connectivity index (χ0v) is 18.9. The van der Waals surface area contributed by atoms with E-state index in [1.54, 1.807) is 23.7 Å². The maximum absolute atomic E-state index is 11.7. The van der Waals surface area contributed by atoms with Gasteiger partial charge in [0, 0.05) is 0 Å². The summed E-state index contributed by atoms with van der Waals surface area (Å²) in [6.07, 6.45) is 4.51. The Kier molecular flexibility index (Phi) is 6.05. The first-order valence-electron chi connectivity index (χ1n) is 10.5. The van der Waals surface area contributed by atoms with Crippen LogP contribution in [0.3, 0.4) is 0 Å². The molecule has 2 amide bonds. The van der Waals surface area contributed by atoms with Crippen molar-refractivity contribution < 1.29 is 19.8 Å². The normalized spacial score (nSPS) is 25.1. The van der Waals surface area contributed by atoms with Gasteiger partial charge in [0.15, 0.2) is 5.69 Å². The number of phenolic OH excluding ortho intramolecular Hbond substituents is 1. The summed E-state index contributed by atoms with van der Waals surface area (Å²) in [4.78, 5) is 23.2. The third-order valence-corrected chi connectivity index (χ3v) is 6.95. The van der Waals surface area contributed by atoms with E-state index >= 15 is 0 Å². The van der Waals surface area contributed by atoms with E-state index in [1.165, 1.54) is 12.1 Å². The molecular weight excluding hydrogens is 430 g/mol. The van der Waals surface area contributed by atoms with Crippen LogP contribution in [0.25, 0.3) is 6.08 Å². The van der Waals surface area contributed by atoms with E-state index < -0.39 is 11.1 Å². The largest absolute Gasteiger partial charge is 0.506 e. The molecule has 3 atom stereocenters. The van der Waals surface area contributed by atoms with Crippen LogP contribution >= 0.6 is 11.8 Å². The van der Waals surface area contributed by atoms with Gasteiger partial charge in [-0.1, -0.05) is 19.9 Å². The number of nitrogens with zero attached hydrogens (tertiary/aromatic N) is 4. The van der Waals surface area contributed by atoms with E-state index in [0.29, 0.717) is 23.1 Å². The summed E-state index contributed by atoms with van der Waals surface area (Å²) in [5.74, 6) is 0.589. The summed E-state index contributed by atoms with van der Waals surface area (Å²) in [6.45, 7) is 6.24. The van der Waals surface area contributed by atoms with Gasteiger partial charge in [-0.3, -0.25) is 14.9 Å². The fraction of sp³-hybridized carbons (Fsp3) is 0.409. The minimum atomic E-state index is -0.465. The highest BCUT2D eigenvalue weighted by Gasteiger charge is 2.29. The summed E-state index contributed by atoms with van der Waals surface area (Å²) in [5.41, 5.74) is 1.59.